The maximum absolute atomic E-state index is 14.8. The Morgan fingerprint density at radius 3 is 1.37 bits per heavy atom. The summed E-state index contributed by atoms with van der Waals surface area (Å²) >= 11 is 0. The van der Waals surface area contributed by atoms with Gasteiger partial charge in [0.05, 0.1) is 16.0 Å². The molecule has 0 spiro atoms. The van der Waals surface area contributed by atoms with E-state index in [2.05, 4.69) is 0 Å². The maximum Gasteiger partial charge on any atom is 0.416 e. The summed E-state index contributed by atoms with van der Waals surface area (Å²) in [5.41, 5.74) is -9.56. The van der Waals surface area contributed by atoms with Crippen molar-refractivity contribution in [1.82, 2.24) is 0 Å². The molecule has 35 heavy (non-hydrogen) atoms. The molecule has 0 radical (unpaired) electrons. The van der Waals surface area contributed by atoms with Gasteiger partial charge in [0.25, 0.3) is 0 Å². The zero-order valence-electron chi connectivity index (χ0n) is 17.0. The fourth-order valence-electron chi connectivity index (χ4n) is 3.43. The average Bonchev–Trinajstić information content (AvgIpc) is 2.73. The van der Waals surface area contributed by atoms with Gasteiger partial charge in [0, 0.05) is 11.1 Å². The third-order valence-electron chi connectivity index (χ3n) is 5.05. The molecule has 0 saturated heterocycles. The predicted molar refractivity (Wildman–Crippen MR) is 103 cm³/mol. The Bertz CT molecular complexity index is 1390. The lowest BCUT2D eigenvalue weighted by molar-refractivity contribution is -0.143. The van der Waals surface area contributed by atoms with Crippen LogP contribution in [0.15, 0.2) is 41.3 Å². The molecule has 3 aromatic carbocycles. The third-order valence-corrected chi connectivity index (χ3v) is 5.98. The van der Waals surface area contributed by atoms with Gasteiger partial charge in [-0.1, -0.05) is 12.1 Å². The van der Waals surface area contributed by atoms with Crippen LogP contribution in [-0.4, -0.2) is 8.42 Å². The Morgan fingerprint density at radius 1 is 0.657 bits per heavy atom. The van der Waals surface area contributed by atoms with E-state index in [9.17, 15) is 52.3 Å². The highest BCUT2D eigenvalue weighted by Gasteiger charge is 2.41. The van der Waals surface area contributed by atoms with Crippen molar-refractivity contribution in [2.24, 2.45) is 5.14 Å². The molecule has 14 heteroatoms. The van der Waals surface area contributed by atoms with Crippen molar-refractivity contribution < 1.29 is 52.3 Å². The quantitative estimate of drug-likeness (QED) is 0.236. The number of alkyl halides is 6. The molecule has 0 aromatic heterocycles. The highest BCUT2D eigenvalue weighted by Crippen LogP contribution is 2.45. The van der Waals surface area contributed by atoms with Crippen LogP contribution in [-0.2, 0) is 22.4 Å². The van der Waals surface area contributed by atoms with E-state index in [1.54, 1.807) is 0 Å². The summed E-state index contributed by atoms with van der Waals surface area (Å²) in [6.07, 6.45) is -10.8. The lowest BCUT2D eigenvalue weighted by atomic mass is 9.89. The molecule has 0 bridgehead atoms. The molecule has 0 fully saturated rings. The van der Waals surface area contributed by atoms with Gasteiger partial charge in [0.15, 0.2) is 23.3 Å². The molecule has 0 aliphatic carbocycles. The highest BCUT2D eigenvalue weighted by atomic mass is 32.2. The molecule has 0 aliphatic rings. The van der Waals surface area contributed by atoms with E-state index in [-0.39, 0.29) is 12.1 Å². The normalized spacial score (nSPS) is 12.8. The minimum Gasteiger partial charge on any atom is -0.225 e. The number of rotatable bonds is 3. The summed E-state index contributed by atoms with van der Waals surface area (Å²) in [6, 6.07) is 3.04. The largest absolute Gasteiger partial charge is 0.416 e. The van der Waals surface area contributed by atoms with E-state index < -0.39 is 89.5 Å². The first-order chi connectivity index (χ1) is 15.9. The number of hydrogen-bond donors (Lipinski definition) is 1. The standard InChI is InChI=1S/C21H11F10NO2S/c1-8-12(20(26,27)28)6-10(7-13(8)21(29,30)31)15-14(16(22)18(24)19(25)17(15)23)9-2-4-11(5-3-9)35(32,33)34/h2-7H,1H3,(H2,32,33,34). The molecular formula is C21H11F10NO2S. The van der Waals surface area contributed by atoms with Gasteiger partial charge in [0.2, 0.25) is 10.0 Å². The lowest BCUT2D eigenvalue weighted by Gasteiger charge is -2.20. The minimum absolute atomic E-state index is 0.0436. The molecule has 3 aromatic rings. The van der Waals surface area contributed by atoms with Gasteiger partial charge in [-0.3, -0.25) is 0 Å². The number of hydrogen-bond acceptors (Lipinski definition) is 2. The van der Waals surface area contributed by atoms with Crippen LogP contribution >= 0.6 is 0 Å². The van der Waals surface area contributed by atoms with Crippen LogP contribution in [0.2, 0.25) is 0 Å². The molecule has 0 heterocycles. The third kappa shape index (κ3) is 4.85. The Hall–Kier alpha value is -3.13. The van der Waals surface area contributed by atoms with Gasteiger partial charge < -0.3 is 0 Å². The van der Waals surface area contributed by atoms with E-state index in [0.717, 1.165) is 24.3 Å². The second-order valence-corrected chi connectivity index (χ2v) is 8.83. The number of halogens is 10. The molecule has 188 valence electrons. The fourth-order valence-corrected chi connectivity index (χ4v) is 3.95. The zero-order chi connectivity index (χ0) is 26.7. The monoisotopic (exact) mass is 531 g/mol. The van der Waals surface area contributed by atoms with Crippen LogP contribution in [0.25, 0.3) is 22.3 Å². The zero-order valence-corrected chi connectivity index (χ0v) is 17.9. The molecule has 3 nitrogen and oxygen atoms in total. The second-order valence-electron chi connectivity index (χ2n) is 7.27. The smallest absolute Gasteiger partial charge is 0.225 e. The van der Waals surface area contributed by atoms with Crippen molar-refractivity contribution in [3.8, 4) is 22.3 Å². The van der Waals surface area contributed by atoms with Crippen LogP contribution < -0.4 is 5.14 Å². The SMILES string of the molecule is Cc1c(C(F)(F)F)cc(-c2c(F)c(F)c(F)c(F)c2-c2ccc(S(N)(=O)=O)cc2)cc1C(F)(F)F. The lowest BCUT2D eigenvalue weighted by Crippen LogP contribution is -2.15. The highest BCUT2D eigenvalue weighted by molar-refractivity contribution is 7.89. The van der Waals surface area contributed by atoms with Crippen molar-refractivity contribution in [3.63, 3.8) is 0 Å². The van der Waals surface area contributed by atoms with Crippen molar-refractivity contribution in [1.29, 1.82) is 0 Å². The van der Waals surface area contributed by atoms with Gasteiger partial charge in [-0.15, -0.1) is 0 Å². The van der Waals surface area contributed by atoms with Crippen molar-refractivity contribution >= 4 is 10.0 Å². The topological polar surface area (TPSA) is 60.2 Å². The van der Waals surface area contributed by atoms with Crippen LogP contribution in [0.3, 0.4) is 0 Å². The van der Waals surface area contributed by atoms with Gasteiger partial charge in [-0.25, -0.2) is 31.1 Å². The van der Waals surface area contributed by atoms with Crippen molar-refractivity contribution in [3.05, 3.63) is 76.4 Å². The van der Waals surface area contributed by atoms with Crippen LogP contribution in [0.4, 0.5) is 43.9 Å². The average molecular weight is 531 g/mol. The van der Waals surface area contributed by atoms with Crippen LogP contribution in [0, 0.1) is 30.2 Å². The number of sulfonamides is 1. The van der Waals surface area contributed by atoms with Crippen LogP contribution in [0.1, 0.15) is 16.7 Å². The van der Waals surface area contributed by atoms with Crippen molar-refractivity contribution in [2.45, 2.75) is 24.2 Å². The summed E-state index contributed by atoms with van der Waals surface area (Å²) < 4.78 is 161. The van der Waals surface area contributed by atoms with E-state index in [4.69, 9.17) is 5.14 Å². The fraction of sp³-hybridized carbons (Fsp3) is 0.143. The van der Waals surface area contributed by atoms with Gasteiger partial charge in [-0.05, 0) is 47.9 Å². The van der Waals surface area contributed by atoms with Gasteiger partial charge >= 0.3 is 12.4 Å². The summed E-state index contributed by atoms with van der Waals surface area (Å²) in [5.74, 6) is -9.27. The Morgan fingerprint density at radius 2 is 1.03 bits per heavy atom. The summed E-state index contributed by atoms with van der Waals surface area (Å²) in [5, 5.41) is 4.91. The first-order valence-corrected chi connectivity index (χ1v) is 10.7. The van der Waals surface area contributed by atoms with Gasteiger partial charge in [-0.2, -0.15) is 26.3 Å². The minimum atomic E-state index is -5.38. The van der Waals surface area contributed by atoms with E-state index in [1.807, 2.05) is 0 Å². The molecule has 0 atom stereocenters. The number of primary sulfonamides is 1. The second kappa shape index (κ2) is 8.52. The number of nitrogens with two attached hydrogens (primary N) is 1. The molecule has 0 unspecified atom stereocenters. The Kier molecular flexibility index (Phi) is 6.44. The first kappa shape index (κ1) is 26.5. The summed E-state index contributed by atoms with van der Waals surface area (Å²) in [6.45, 7) is 0.504. The van der Waals surface area contributed by atoms with E-state index >= 15 is 0 Å². The molecule has 0 amide bonds. The first-order valence-electron chi connectivity index (χ1n) is 9.14. The molecule has 2 N–H and O–H groups in total. The maximum atomic E-state index is 14.8. The Balaban J connectivity index is 2.49. The molecule has 0 aliphatic heterocycles. The molecule has 3 rings (SSSR count). The molecular weight excluding hydrogens is 520 g/mol. The van der Waals surface area contributed by atoms with E-state index in [0.29, 0.717) is 6.92 Å². The Labute approximate surface area is 190 Å². The van der Waals surface area contributed by atoms with Crippen molar-refractivity contribution in [2.75, 3.05) is 0 Å². The molecule has 0 saturated carbocycles. The van der Waals surface area contributed by atoms with Crippen LogP contribution in [0.5, 0.6) is 0 Å². The predicted octanol–water partition coefficient (Wildman–Crippen LogP) is 6.57. The van der Waals surface area contributed by atoms with Gasteiger partial charge in [0.1, 0.15) is 0 Å². The van der Waals surface area contributed by atoms with E-state index in [1.165, 1.54) is 0 Å². The summed E-state index contributed by atoms with van der Waals surface area (Å²) in [7, 11) is -4.30. The summed E-state index contributed by atoms with van der Waals surface area (Å²) in [4.78, 5) is -0.555. The number of benzene rings is 3.